The standard InChI is InChI=1S/C35H48F3N3O5Si/c1-7-8-19-45-33(42)34(23-43-3)17-15-29(16-18-34)46-28-12-9-26(10-13-28)30-14-11-27(22-39-30)32-40-31(35(36,37)38)25(2)41(32)24-44-20-21-47(4,5)6/h9-14,22,29H,7-8,15-21,23-24H2,1-6H3/t29-,34-. The van der Waals surface area contributed by atoms with E-state index in [1.807, 2.05) is 24.3 Å². The van der Waals surface area contributed by atoms with Crippen molar-refractivity contribution in [3.63, 3.8) is 0 Å². The molecule has 4 rings (SSSR count). The normalized spacial score (nSPS) is 18.7. The lowest BCUT2D eigenvalue weighted by Gasteiger charge is -2.37. The maximum absolute atomic E-state index is 13.8. The minimum atomic E-state index is -4.58. The lowest BCUT2D eigenvalue weighted by molar-refractivity contribution is -0.163. The number of methoxy groups -OCH3 is 1. The highest BCUT2D eigenvalue weighted by atomic mass is 28.3. The third-order valence-corrected chi connectivity index (χ3v) is 10.4. The number of hydrogen-bond acceptors (Lipinski definition) is 7. The Kier molecular flexibility index (Phi) is 12.3. The van der Waals surface area contributed by atoms with Gasteiger partial charge in [-0.15, -0.1) is 0 Å². The SMILES string of the molecule is CCCCOC(=O)[C@]1(COC)CC[C@@H](Oc2ccc(-c3ccc(-c4nc(C(F)(F)F)c(C)n4COCC[Si](C)(C)C)cn3)cc2)CC1. The number of unbranched alkanes of at least 4 members (excludes halogenated alkanes) is 1. The smallest absolute Gasteiger partial charge is 0.435 e. The first-order valence-electron chi connectivity index (χ1n) is 16.4. The number of nitrogens with zero attached hydrogens (tertiary/aromatic N) is 3. The van der Waals surface area contributed by atoms with Crippen molar-refractivity contribution in [1.82, 2.24) is 14.5 Å². The Labute approximate surface area is 277 Å². The van der Waals surface area contributed by atoms with E-state index >= 15 is 0 Å². The van der Waals surface area contributed by atoms with E-state index in [0.29, 0.717) is 62.5 Å². The summed E-state index contributed by atoms with van der Waals surface area (Å²) < 4.78 is 65.8. The quantitative estimate of drug-likeness (QED) is 0.0907. The fraction of sp³-hybridized carbons (Fsp3) is 0.571. The van der Waals surface area contributed by atoms with Crippen LogP contribution in [0.4, 0.5) is 13.2 Å². The molecule has 0 bridgehead atoms. The van der Waals surface area contributed by atoms with Crippen LogP contribution in [-0.2, 0) is 31.9 Å². The summed E-state index contributed by atoms with van der Waals surface area (Å²) >= 11 is 0. The Morgan fingerprint density at radius 3 is 2.30 bits per heavy atom. The summed E-state index contributed by atoms with van der Waals surface area (Å²) in [6.07, 6.45) is 1.45. The van der Waals surface area contributed by atoms with Crippen molar-refractivity contribution in [2.75, 3.05) is 26.9 Å². The summed E-state index contributed by atoms with van der Waals surface area (Å²) in [5.74, 6) is 0.702. The molecule has 3 aromatic rings. The van der Waals surface area contributed by atoms with Gasteiger partial charge in [0.15, 0.2) is 5.69 Å². The number of carbonyl (C=O) groups excluding carboxylic acids is 1. The van der Waals surface area contributed by atoms with Crippen LogP contribution in [0.15, 0.2) is 42.6 Å². The van der Waals surface area contributed by atoms with Gasteiger partial charge in [-0.05, 0) is 81.5 Å². The Bertz CT molecular complexity index is 1450. The molecule has 0 aliphatic heterocycles. The van der Waals surface area contributed by atoms with Crippen LogP contribution in [0.25, 0.3) is 22.6 Å². The van der Waals surface area contributed by atoms with E-state index in [2.05, 4.69) is 36.5 Å². The third kappa shape index (κ3) is 9.67. The summed E-state index contributed by atoms with van der Waals surface area (Å²) in [5, 5.41) is 0. The molecular weight excluding hydrogens is 627 g/mol. The van der Waals surface area contributed by atoms with Crippen molar-refractivity contribution in [2.24, 2.45) is 5.41 Å². The van der Waals surface area contributed by atoms with Gasteiger partial charge in [0, 0.05) is 44.8 Å². The predicted molar refractivity (Wildman–Crippen MR) is 178 cm³/mol. The number of halogens is 3. The zero-order chi connectivity index (χ0) is 34.2. The molecule has 12 heteroatoms. The molecule has 0 atom stereocenters. The van der Waals surface area contributed by atoms with E-state index in [-0.39, 0.29) is 30.3 Å². The second kappa shape index (κ2) is 15.8. The molecule has 1 fully saturated rings. The lowest BCUT2D eigenvalue weighted by atomic mass is 9.73. The highest BCUT2D eigenvalue weighted by Gasteiger charge is 2.44. The Morgan fingerprint density at radius 2 is 1.72 bits per heavy atom. The molecule has 1 saturated carbocycles. The van der Waals surface area contributed by atoms with E-state index in [1.54, 1.807) is 25.4 Å². The minimum Gasteiger partial charge on any atom is -0.490 e. The van der Waals surface area contributed by atoms with Crippen molar-refractivity contribution < 1.29 is 36.9 Å². The fourth-order valence-corrected chi connectivity index (χ4v) is 6.47. The van der Waals surface area contributed by atoms with Crippen molar-refractivity contribution >= 4 is 14.0 Å². The molecule has 2 aromatic heterocycles. The van der Waals surface area contributed by atoms with Crippen LogP contribution >= 0.6 is 0 Å². The molecule has 0 unspecified atom stereocenters. The van der Waals surface area contributed by atoms with Crippen LogP contribution in [0.1, 0.15) is 56.8 Å². The van der Waals surface area contributed by atoms with E-state index in [4.69, 9.17) is 18.9 Å². The van der Waals surface area contributed by atoms with Crippen molar-refractivity contribution in [3.05, 3.63) is 54.0 Å². The largest absolute Gasteiger partial charge is 0.490 e. The van der Waals surface area contributed by atoms with Gasteiger partial charge in [-0.3, -0.25) is 9.78 Å². The number of benzene rings is 1. The van der Waals surface area contributed by atoms with Crippen molar-refractivity contribution in [3.8, 4) is 28.4 Å². The predicted octanol–water partition coefficient (Wildman–Crippen LogP) is 8.55. The van der Waals surface area contributed by atoms with E-state index < -0.39 is 25.4 Å². The van der Waals surface area contributed by atoms with Crippen LogP contribution in [0, 0.1) is 12.3 Å². The number of rotatable bonds is 15. The van der Waals surface area contributed by atoms with Gasteiger partial charge in [0.2, 0.25) is 0 Å². The van der Waals surface area contributed by atoms with Gasteiger partial charge in [-0.1, -0.05) is 33.0 Å². The van der Waals surface area contributed by atoms with Gasteiger partial charge in [0.25, 0.3) is 0 Å². The second-order valence-corrected chi connectivity index (χ2v) is 19.2. The van der Waals surface area contributed by atoms with Gasteiger partial charge < -0.3 is 23.5 Å². The number of hydrogen-bond donors (Lipinski definition) is 0. The van der Waals surface area contributed by atoms with Gasteiger partial charge in [0.05, 0.1) is 30.4 Å². The number of esters is 1. The Morgan fingerprint density at radius 1 is 1.04 bits per heavy atom. The van der Waals surface area contributed by atoms with Crippen molar-refractivity contribution in [1.29, 1.82) is 0 Å². The van der Waals surface area contributed by atoms with Crippen LogP contribution in [0.3, 0.4) is 0 Å². The number of pyridine rings is 1. The van der Waals surface area contributed by atoms with E-state index in [1.165, 1.54) is 11.5 Å². The zero-order valence-electron chi connectivity index (χ0n) is 28.4. The average molecular weight is 676 g/mol. The molecular formula is C35H48F3N3O5Si. The molecule has 0 saturated heterocycles. The number of alkyl halides is 3. The molecule has 8 nitrogen and oxygen atoms in total. The van der Waals surface area contributed by atoms with E-state index in [9.17, 15) is 18.0 Å². The number of carbonyl (C=O) groups is 1. The molecule has 47 heavy (non-hydrogen) atoms. The Balaban J connectivity index is 1.41. The molecule has 1 aliphatic carbocycles. The molecule has 0 N–H and O–H groups in total. The molecule has 258 valence electrons. The topological polar surface area (TPSA) is 84.7 Å². The molecule has 0 spiro atoms. The minimum absolute atomic E-state index is 0.00873. The molecule has 1 aromatic carbocycles. The highest BCUT2D eigenvalue weighted by Crippen LogP contribution is 2.40. The van der Waals surface area contributed by atoms with Gasteiger partial charge in [-0.2, -0.15) is 13.2 Å². The lowest BCUT2D eigenvalue weighted by Crippen LogP contribution is -2.42. The Hall–Kier alpha value is -3.22. The summed E-state index contributed by atoms with van der Waals surface area (Å²) in [5.41, 5.74) is 0.434. The maximum Gasteiger partial charge on any atom is 0.435 e. The molecule has 0 amide bonds. The van der Waals surface area contributed by atoms with Crippen LogP contribution in [-0.4, -0.2) is 61.6 Å². The second-order valence-electron chi connectivity index (χ2n) is 13.6. The summed E-state index contributed by atoms with van der Waals surface area (Å²) in [6, 6.07) is 12.0. The van der Waals surface area contributed by atoms with Crippen LogP contribution in [0.2, 0.25) is 25.7 Å². The van der Waals surface area contributed by atoms with Gasteiger partial charge >= 0.3 is 12.1 Å². The first-order chi connectivity index (χ1) is 22.3. The molecule has 0 radical (unpaired) electrons. The monoisotopic (exact) mass is 675 g/mol. The van der Waals surface area contributed by atoms with Crippen molar-refractivity contribution in [2.45, 2.75) is 97.1 Å². The highest BCUT2D eigenvalue weighted by molar-refractivity contribution is 6.76. The summed E-state index contributed by atoms with van der Waals surface area (Å²) in [4.78, 5) is 21.4. The third-order valence-electron chi connectivity index (χ3n) is 8.66. The van der Waals surface area contributed by atoms with Crippen LogP contribution < -0.4 is 4.74 Å². The summed E-state index contributed by atoms with van der Waals surface area (Å²) in [7, 11) is 0.261. The fourth-order valence-electron chi connectivity index (χ4n) is 5.72. The maximum atomic E-state index is 13.8. The first-order valence-corrected chi connectivity index (χ1v) is 20.1. The molecule has 1 aliphatic rings. The van der Waals surface area contributed by atoms with Crippen LogP contribution in [0.5, 0.6) is 5.75 Å². The van der Waals surface area contributed by atoms with Gasteiger partial charge in [0.1, 0.15) is 18.3 Å². The number of imidazole rings is 1. The van der Waals surface area contributed by atoms with E-state index in [0.717, 1.165) is 24.4 Å². The van der Waals surface area contributed by atoms with Gasteiger partial charge in [-0.25, -0.2) is 4.98 Å². The average Bonchev–Trinajstić information content (AvgIpc) is 3.37. The zero-order valence-corrected chi connectivity index (χ0v) is 29.4. The number of ether oxygens (including phenoxy) is 4. The summed E-state index contributed by atoms with van der Waals surface area (Å²) in [6.45, 7) is 11.4. The number of aromatic nitrogens is 3. The first kappa shape index (κ1) is 36.6. The molecule has 2 heterocycles.